The molecule has 3 N–H and O–H groups in total. The fraction of sp³-hybridized carbons (Fsp3) is 0.154. The fourth-order valence-corrected chi connectivity index (χ4v) is 3.05. The number of hydrogen-bond acceptors (Lipinski definition) is 4. The molecule has 0 spiro atoms. The number of pyridine rings is 1. The van der Waals surface area contributed by atoms with Crippen molar-refractivity contribution in [1.82, 2.24) is 4.98 Å². The Morgan fingerprint density at radius 2 is 1.89 bits per heavy atom. The molecule has 0 aliphatic heterocycles. The normalized spacial score (nSPS) is 11.3. The molecule has 100 valence electrons. The molecule has 19 heavy (non-hydrogen) atoms. The molecule has 0 aliphatic carbocycles. The number of nitrogens with one attached hydrogen (secondary N) is 1. The van der Waals surface area contributed by atoms with E-state index < -0.39 is 10.0 Å². The van der Waals surface area contributed by atoms with Crippen LogP contribution in [0.1, 0.15) is 11.1 Å². The average Bonchev–Trinajstić information content (AvgIpc) is 2.39. The highest BCUT2D eigenvalue weighted by atomic mass is 32.2. The quantitative estimate of drug-likeness (QED) is 0.889. The van der Waals surface area contributed by atoms with Gasteiger partial charge in [0.05, 0.1) is 10.6 Å². The summed E-state index contributed by atoms with van der Waals surface area (Å²) in [5.41, 5.74) is 7.48. The SMILES string of the molecule is Cc1ccc(CN)cc1S(=O)(=O)Nc1ccncc1. The van der Waals surface area contributed by atoms with Gasteiger partial charge in [0.25, 0.3) is 10.0 Å². The summed E-state index contributed by atoms with van der Waals surface area (Å²) < 4.78 is 27.2. The minimum absolute atomic E-state index is 0.243. The number of sulfonamides is 1. The first-order valence-corrected chi connectivity index (χ1v) is 7.23. The molecule has 0 unspecified atom stereocenters. The van der Waals surface area contributed by atoms with Gasteiger partial charge in [0.1, 0.15) is 0 Å². The van der Waals surface area contributed by atoms with Gasteiger partial charge in [0.2, 0.25) is 0 Å². The van der Waals surface area contributed by atoms with E-state index in [1.807, 2.05) is 6.07 Å². The molecule has 0 atom stereocenters. The van der Waals surface area contributed by atoms with Crippen molar-refractivity contribution in [2.24, 2.45) is 5.73 Å². The second kappa shape index (κ2) is 5.38. The molecule has 1 aromatic heterocycles. The number of nitrogens with two attached hydrogens (primary N) is 1. The standard InChI is InChI=1S/C13H15N3O2S/c1-10-2-3-11(9-14)8-13(10)19(17,18)16-12-4-6-15-7-5-12/h2-8H,9,14H2,1H3,(H,15,16). The summed E-state index contributed by atoms with van der Waals surface area (Å²) in [6.45, 7) is 2.06. The summed E-state index contributed by atoms with van der Waals surface area (Å²) in [6.07, 6.45) is 3.06. The molecule has 1 heterocycles. The van der Waals surface area contributed by atoms with Crippen LogP contribution >= 0.6 is 0 Å². The molecular weight excluding hydrogens is 262 g/mol. The van der Waals surface area contributed by atoms with Crippen LogP contribution < -0.4 is 10.5 Å². The van der Waals surface area contributed by atoms with Gasteiger partial charge in [-0.25, -0.2) is 8.42 Å². The lowest BCUT2D eigenvalue weighted by molar-refractivity contribution is 0.600. The van der Waals surface area contributed by atoms with Crippen molar-refractivity contribution < 1.29 is 8.42 Å². The molecule has 0 amide bonds. The summed E-state index contributed by atoms with van der Waals surface area (Å²) >= 11 is 0. The number of aromatic nitrogens is 1. The van der Waals surface area contributed by atoms with Crippen LogP contribution in [0.2, 0.25) is 0 Å². The highest BCUT2D eigenvalue weighted by Crippen LogP contribution is 2.20. The van der Waals surface area contributed by atoms with Crippen molar-refractivity contribution in [2.45, 2.75) is 18.4 Å². The molecule has 2 aromatic rings. The smallest absolute Gasteiger partial charge is 0.262 e. The van der Waals surface area contributed by atoms with Crippen LogP contribution in [0.5, 0.6) is 0 Å². The molecule has 1 aromatic carbocycles. The fourth-order valence-electron chi connectivity index (χ4n) is 1.69. The van der Waals surface area contributed by atoms with Crippen molar-refractivity contribution in [2.75, 3.05) is 4.72 Å². The number of rotatable bonds is 4. The van der Waals surface area contributed by atoms with Crippen LogP contribution in [0.15, 0.2) is 47.6 Å². The third kappa shape index (κ3) is 3.10. The van der Waals surface area contributed by atoms with Crippen LogP contribution in [0, 0.1) is 6.92 Å². The number of benzene rings is 1. The van der Waals surface area contributed by atoms with E-state index in [1.165, 1.54) is 12.4 Å². The lowest BCUT2D eigenvalue weighted by atomic mass is 10.1. The molecule has 6 heteroatoms. The van der Waals surface area contributed by atoms with E-state index in [9.17, 15) is 8.42 Å². The minimum atomic E-state index is -3.61. The summed E-state index contributed by atoms with van der Waals surface area (Å²) in [5, 5.41) is 0. The second-order valence-corrected chi connectivity index (χ2v) is 5.80. The van der Waals surface area contributed by atoms with E-state index in [0.717, 1.165) is 5.56 Å². The van der Waals surface area contributed by atoms with Crippen LogP contribution in [0.3, 0.4) is 0 Å². The van der Waals surface area contributed by atoms with E-state index in [1.54, 1.807) is 31.2 Å². The van der Waals surface area contributed by atoms with Crippen molar-refractivity contribution in [1.29, 1.82) is 0 Å². The summed E-state index contributed by atoms with van der Waals surface area (Å²) in [5.74, 6) is 0. The number of aryl methyl sites for hydroxylation is 1. The Kier molecular flexibility index (Phi) is 3.82. The Balaban J connectivity index is 2.39. The van der Waals surface area contributed by atoms with E-state index in [0.29, 0.717) is 17.8 Å². The van der Waals surface area contributed by atoms with Gasteiger partial charge in [0.15, 0.2) is 0 Å². The third-order valence-corrected chi connectivity index (χ3v) is 4.23. The maximum Gasteiger partial charge on any atom is 0.262 e. The first-order valence-electron chi connectivity index (χ1n) is 5.75. The monoisotopic (exact) mass is 277 g/mol. The van der Waals surface area contributed by atoms with Crippen molar-refractivity contribution in [3.8, 4) is 0 Å². The van der Waals surface area contributed by atoms with Crippen LogP contribution in [0.25, 0.3) is 0 Å². The number of anilines is 1. The van der Waals surface area contributed by atoms with Gasteiger partial charge in [-0.2, -0.15) is 0 Å². The maximum atomic E-state index is 12.3. The predicted molar refractivity (Wildman–Crippen MR) is 74.1 cm³/mol. The Labute approximate surface area is 112 Å². The average molecular weight is 277 g/mol. The van der Waals surface area contributed by atoms with Gasteiger partial charge in [-0.15, -0.1) is 0 Å². The van der Waals surface area contributed by atoms with Crippen molar-refractivity contribution >= 4 is 15.7 Å². The maximum absolute atomic E-state index is 12.3. The zero-order valence-electron chi connectivity index (χ0n) is 10.5. The Morgan fingerprint density at radius 1 is 1.21 bits per heavy atom. The Morgan fingerprint density at radius 3 is 2.53 bits per heavy atom. The second-order valence-electron chi connectivity index (χ2n) is 4.15. The van der Waals surface area contributed by atoms with Gasteiger partial charge < -0.3 is 5.73 Å². The minimum Gasteiger partial charge on any atom is -0.326 e. The van der Waals surface area contributed by atoms with E-state index in [2.05, 4.69) is 9.71 Å². The van der Waals surface area contributed by atoms with Gasteiger partial charge in [-0.3, -0.25) is 9.71 Å². The summed E-state index contributed by atoms with van der Waals surface area (Å²) in [4.78, 5) is 4.08. The zero-order chi connectivity index (χ0) is 13.9. The zero-order valence-corrected chi connectivity index (χ0v) is 11.3. The van der Waals surface area contributed by atoms with Crippen LogP contribution in [-0.2, 0) is 16.6 Å². The molecular formula is C13H15N3O2S. The van der Waals surface area contributed by atoms with Crippen LogP contribution in [-0.4, -0.2) is 13.4 Å². The Bertz CT molecular complexity index is 670. The van der Waals surface area contributed by atoms with Gasteiger partial charge in [-0.1, -0.05) is 12.1 Å². The number of hydrogen-bond donors (Lipinski definition) is 2. The highest BCUT2D eigenvalue weighted by Gasteiger charge is 2.17. The largest absolute Gasteiger partial charge is 0.326 e. The topological polar surface area (TPSA) is 85.1 Å². The molecule has 5 nitrogen and oxygen atoms in total. The molecule has 0 saturated carbocycles. The highest BCUT2D eigenvalue weighted by molar-refractivity contribution is 7.92. The molecule has 0 bridgehead atoms. The first-order chi connectivity index (χ1) is 9.03. The van der Waals surface area contributed by atoms with Gasteiger partial charge in [-0.05, 0) is 36.2 Å². The van der Waals surface area contributed by atoms with E-state index in [4.69, 9.17) is 5.73 Å². The lowest BCUT2D eigenvalue weighted by Crippen LogP contribution is -2.15. The van der Waals surface area contributed by atoms with Gasteiger partial charge in [0, 0.05) is 18.9 Å². The van der Waals surface area contributed by atoms with Crippen LogP contribution in [0.4, 0.5) is 5.69 Å². The molecule has 0 aliphatic rings. The Hall–Kier alpha value is -1.92. The molecule has 0 radical (unpaired) electrons. The van der Waals surface area contributed by atoms with E-state index >= 15 is 0 Å². The molecule has 0 saturated heterocycles. The predicted octanol–water partition coefficient (Wildman–Crippen LogP) is 1.65. The van der Waals surface area contributed by atoms with Crippen molar-refractivity contribution in [3.63, 3.8) is 0 Å². The molecule has 2 rings (SSSR count). The van der Waals surface area contributed by atoms with E-state index in [-0.39, 0.29) is 4.90 Å². The molecule has 0 fully saturated rings. The lowest BCUT2D eigenvalue weighted by Gasteiger charge is -2.11. The first kappa shape index (κ1) is 13.5. The van der Waals surface area contributed by atoms with Crippen molar-refractivity contribution in [3.05, 3.63) is 53.9 Å². The van der Waals surface area contributed by atoms with Gasteiger partial charge >= 0.3 is 0 Å². The third-order valence-electron chi connectivity index (χ3n) is 2.71. The summed E-state index contributed by atoms with van der Waals surface area (Å²) in [7, 11) is -3.61. The summed E-state index contributed by atoms with van der Waals surface area (Å²) in [6, 6.07) is 8.36. The number of nitrogens with zero attached hydrogens (tertiary/aromatic N) is 1.